The molecule has 1 aromatic rings. The molecule has 14 heavy (non-hydrogen) atoms. The number of carboxylic acids is 1. The van der Waals surface area contributed by atoms with Crippen molar-refractivity contribution in [2.24, 2.45) is 0 Å². The number of hydrogen-bond acceptors (Lipinski definition) is 2. The number of ketones is 1. The van der Waals surface area contributed by atoms with Crippen molar-refractivity contribution in [3.05, 3.63) is 33.8 Å². The molecule has 0 bridgehead atoms. The zero-order valence-corrected chi connectivity index (χ0v) is 8.55. The molecule has 0 fully saturated rings. The zero-order valence-electron chi connectivity index (χ0n) is 7.80. The lowest BCUT2D eigenvalue weighted by molar-refractivity contribution is -0.131. The Kier molecular flexibility index (Phi) is 2.91. The summed E-state index contributed by atoms with van der Waals surface area (Å²) in [6.45, 7) is 3.38. The van der Waals surface area contributed by atoms with Crippen molar-refractivity contribution >= 4 is 23.4 Å². The number of aryl methyl sites for hydroxylation is 1. The van der Waals surface area contributed by atoms with Gasteiger partial charge in [-0.25, -0.2) is 4.79 Å². The third-order valence-electron chi connectivity index (χ3n) is 1.93. The summed E-state index contributed by atoms with van der Waals surface area (Å²) in [6.07, 6.45) is 0. The van der Waals surface area contributed by atoms with Crippen LogP contribution in [0.5, 0.6) is 0 Å². The largest absolute Gasteiger partial charge is 0.475 e. The number of carbonyl (C=O) groups excluding carboxylic acids is 1. The predicted octanol–water partition coefficient (Wildman–Crippen LogP) is 2.22. The predicted molar refractivity (Wildman–Crippen MR) is 52.9 cm³/mol. The second-order valence-corrected chi connectivity index (χ2v) is 3.46. The van der Waals surface area contributed by atoms with Gasteiger partial charge in [0.05, 0.1) is 0 Å². The van der Waals surface area contributed by atoms with E-state index in [1.807, 2.05) is 0 Å². The fourth-order valence-electron chi connectivity index (χ4n) is 1.17. The zero-order chi connectivity index (χ0) is 10.9. The minimum Gasteiger partial charge on any atom is -0.475 e. The van der Waals surface area contributed by atoms with E-state index < -0.39 is 11.8 Å². The van der Waals surface area contributed by atoms with E-state index in [1.54, 1.807) is 19.9 Å². The average molecular weight is 213 g/mol. The first kappa shape index (κ1) is 10.7. The van der Waals surface area contributed by atoms with Crippen LogP contribution < -0.4 is 0 Å². The number of halogens is 1. The molecule has 0 heterocycles. The lowest BCUT2D eigenvalue weighted by Crippen LogP contribution is -2.14. The first-order valence-corrected chi connectivity index (χ1v) is 4.35. The minimum atomic E-state index is -1.46. The molecule has 0 saturated heterocycles. The van der Waals surface area contributed by atoms with E-state index in [9.17, 15) is 9.59 Å². The second-order valence-electron chi connectivity index (χ2n) is 3.05. The topological polar surface area (TPSA) is 54.4 Å². The Balaban J connectivity index is 3.34. The SMILES string of the molecule is Cc1cc(Cl)c(C)c(C(=O)C(=O)O)c1. The van der Waals surface area contributed by atoms with E-state index in [0.29, 0.717) is 10.6 Å². The van der Waals surface area contributed by atoms with Crippen LogP contribution in [0.15, 0.2) is 12.1 Å². The van der Waals surface area contributed by atoms with Crippen LogP contribution in [0, 0.1) is 13.8 Å². The number of aliphatic carboxylic acids is 1. The summed E-state index contributed by atoms with van der Waals surface area (Å²) in [5.41, 5.74) is 1.43. The number of Topliss-reactive ketones (excluding diaryl/α,β-unsaturated/α-hetero) is 1. The van der Waals surface area contributed by atoms with Crippen LogP contribution in [0.1, 0.15) is 21.5 Å². The molecule has 0 saturated carbocycles. The highest BCUT2D eigenvalue weighted by molar-refractivity contribution is 6.41. The van der Waals surface area contributed by atoms with Crippen LogP contribution in [0.4, 0.5) is 0 Å². The van der Waals surface area contributed by atoms with Crippen molar-refractivity contribution in [1.29, 1.82) is 0 Å². The maximum atomic E-state index is 11.2. The van der Waals surface area contributed by atoms with Crippen molar-refractivity contribution in [2.45, 2.75) is 13.8 Å². The van der Waals surface area contributed by atoms with Gasteiger partial charge in [0.25, 0.3) is 5.78 Å². The maximum absolute atomic E-state index is 11.2. The number of rotatable bonds is 2. The summed E-state index contributed by atoms with van der Waals surface area (Å²) >= 11 is 5.82. The van der Waals surface area contributed by atoms with Crippen LogP contribution in [0.2, 0.25) is 5.02 Å². The molecule has 0 aliphatic heterocycles. The lowest BCUT2D eigenvalue weighted by Gasteiger charge is -2.05. The molecular weight excluding hydrogens is 204 g/mol. The molecule has 1 rings (SSSR count). The molecule has 0 aromatic heterocycles. The van der Waals surface area contributed by atoms with Crippen LogP contribution in [-0.4, -0.2) is 16.9 Å². The third kappa shape index (κ3) is 1.93. The fraction of sp³-hybridized carbons (Fsp3) is 0.200. The lowest BCUT2D eigenvalue weighted by atomic mass is 10.0. The highest BCUT2D eigenvalue weighted by Gasteiger charge is 2.18. The first-order valence-electron chi connectivity index (χ1n) is 3.98. The van der Waals surface area contributed by atoms with E-state index in [2.05, 4.69) is 0 Å². The van der Waals surface area contributed by atoms with Crippen molar-refractivity contribution in [3.8, 4) is 0 Å². The Morgan fingerprint density at radius 2 is 1.86 bits per heavy atom. The summed E-state index contributed by atoms with van der Waals surface area (Å²) in [7, 11) is 0. The average Bonchev–Trinajstić information content (AvgIpc) is 2.09. The number of carboxylic acid groups (broad SMARTS) is 1. The summed E-state index contributed by atoms with van der Waals surface area (Å²) in [5, 5.41) is 8.96. The molecular formula is C10H9ClO3. The van der Waals surface area contributed by atoms with Crippen molar-refractivity contribution in [1.82, 2.24) is 0 Å². The molecule has 1 aromatic carbocycles. The molecule has 3 nitrogen and oxygen atoms in total. The van der Waals surface area contributed by atoms with E-state index in [-0.39, 0.29) is 5.56 Å². The van der Waals surface area contributed by atoms with Gasteiger partial charge in [0, 0.05) is 10.6 Å². The van der Waals surface area contributed by atoms with Gasteiger partial charge in [0.1, 0.15) is 0 Å². The summed E-state index contributed by atoms with van der Waals surface area (Å²) in [4.78, 5) is 21.7. The van der Waals surface area contributed by atoms with Crippen LogP contribution in [0.3, 0.4) is 0 Å². The number of benzene rings is 1. The summed E-state index contributed by atoms with van der Waals surface area (Å²) < 4.78 is 0. The van der Waals surface area contributed by atoms with Gasteiger partial charge in [-0.15, -0.1) is 0 Å². The molecule has 1 N–H and O–H groups in total. The van der Waals surface area contributed by atoms with Gasteiger partial charge in [0.2, 0.25) is 0 Å². The quantitative estimate of drug-likeness (QED) is 0.604. The Morgan fingerprint density at radius 3 is 2.36 bits per heavy atom. The highest BCUT2D eigenvalue weighted by atomic mass is 35.5. The Labute approximate surface area is 86.3 Å². The molecule has 4 heteroatoms. The Morgan fingerprint density at radius 1 is 1.29 bits per heavy atom. The van der Waals surface area contributed by atoms with Crippen LogP contribution in [-0.2, 0) is 4.79 Å². The van der Waals surface area contributed by atoms with Gasteiger partial charge in [-0.3, -0.25) is 4.79 Å². The normalized spacial score (nSPS) is 9.93. The molecule has 74 valence electrons. The summed E-state index contributed by atoms with van der Waals surface area (Å²) in [6, 6.07) is 3.22. The second kappa shape index (κ2) is 3.80. The van der Waals surface area contributed by atoms with Gasteiger partial charge >= 0.3 is 5.97 Å². The van der Waals surface area contributed by atoms with Crippen LogP contribution in [0.25, 0.3) is 0 Å². The van der Waals surface area contributed by atoms with Gasteiger partial charge in [-0.05, 0) is 37.1 Å². The molecule has 0 aliphatic carbocycles. The Hall–Kier alpha value is -1.35. The van der Waals surface area contributed by atoms with E-state index in [0.717, 1.165) is 5.56 Å². The minimum absolute atomic E-state index is 0.155. The fourth-order valence-corrected chi connectivity index (χ4v) is 1.44. The van der Waals surface area contributed by atoms with E-state index >= 15 is 0 Å². The van der Waals surface area contributed by atoms with Gasteiger partial charge < -0.3 is 5.11 Å². The standard InChI is InChI=1S/C10H9ClO3/c1-5-3-7(9(12)10(13)14)6(2)8(11)4-5/h3-4H,1-2H3,(H,13,14). The number of carbonyl (C=O) groups is 2. The van der Waals surface area contributed by atoms with Crippen molar-refractivity contribution in [2.75, 3.05) is 0 Å². The monoisotopic (exact) mass is 212 g/mol. The van der Waals surface area contributed by atoms with Crippen molar-refractivity contribution < 1.29 is 14.7 Å². The smallest absolute Gasteiger partial charge is 0.377 e. The van der Waals surface area contributed by atoms with E-state index in [1.165, 1.54) is 6.07 Å². The molecule has 0 spiro atoms. The van der Waals surface area contributed by atoms with Crippen molar-refractivity contribution in [3.63, 3.8) is 0 Å². The maximum Gasteiger partial charge on any atom is 0.377 e. The van der Waals surface area contributed by atoms with Gasteiger partial charge in [-0.1, -0.05) is 11.6 Å². The van der Waals surface area contributed by atoms with Gasteiger partial charge in [0.15, 0.2) is 0 Å². The highest BCUT2D eigenvalue weighted by Crippen LogP contribution is 2.21. The Bertz CT molecular complexity index is 410. The summed E-state index contributed by atoms with van der Waals surface area (Å²) in [5.74, 6) is -2.39. The third-order valence-corrected chi connectivity index (χ3v) is 2.32. The molecule has 0 radical (unpaired) electrons. The molecule has 0 amide bonds. The molecule has 0 unspecified atom stereocenters. The first-order chi connectivity index (χ1) is 6.43. The number of hydrogen-bond donors (Lipinski definition) is 1. The molecule has 0 atom stereocenters. The van der Waals surface area contributed by atoms with Gasteiger partial charge in [-0.2, -0.15) is 0 Å². The van der Waals surface area contributed by atoms with E-state index in [4.69, 9.17) is 16.7 Å². The van der Waals surface area contributed by atoms with Crippen LogP contribution >= 0.6 is 11.6 Å². The molecule has 0 aliphatic rings.